The number of hydrogen-bond acceptors (Lipinski definition) is 3. The van der Waals surface area contributed by atoms with Gasteiger partial charge in [0.05, 0.1) is 6.54 Å². The number of para-hydroxylation sites is 1. The molecule has 5 nitrogen and oxygen atoms in total. The van der Waals surface area contributed by atoms with Gasteiger partial charge in [-0.2, -0.15) is 13.2 Å². The molecule has 0 aromatic heterocycles. The highest BCUT2D eigenvalue weighted by Crippen LogP contribution is 2.22. The van der Waals surface area contributed by atoms with E-state index in [1.54, 1.807) is 24.3 Å². The summed E-state index contributed by atoms with van der Waals surface area (Å²) >= 11 is 0. The van der Waals surface area contributed by atoms with Crippen molar-refractivity contribution in [2.24, 2.45) is 4.99 Å². The number of benzene rings is 1. The summed E-state index contributed by atoms with van der Waals surface area (Å²) in [7, 11) is 0. The summed E-state index contributed by atoms with van der Waals surface area (Å²) in [5.41, 5.74) is 0.627. The highest BCUT2D eigenvalue weighted by atomic mass is 127. The predicted molar refractivity (Wildman–Crippen MR) is 121 cm³/mol. The molecule has 9 heteroatoms. The Bertz CT molecular complexity index is 620. The van der Waals surface area contributed by atoms with Gasteiger partial charge < -0.3 is 20.3 Å². The van der Waals surface area contributed by atoms with Crippen LogP contribution < -0.4 is 15.4 Å². The monoisotopic (exact) mass is 528 g/mol. The van der Waals surface area contributed by atoms with E-state index in [4.69, 9.17) is 4.74 Å². The van der Waals surface area contributed by atoms with E-state index in [0.717, 1.165) is 38.9 Å². The summed E-state index contributed by atoms with van der Waals surface area (Å²) in [6, 6.07) is 7.06. The van der Waals surface area contributed by atoms with Crippen LogP contribution in [0, 0.1) is 0 Å². The molecule has 0 atom stereocenters. The summed E-state index contributed by atoms with van der Waals surface area (Å²) in [6.45, 7) is 7.11. The smallest absolute Gasteiger partial charge is 0.422 e. The van der Waals surface area contributed by atoms with E-state index >= 15 is 0 Å². The van der Waals surface area contributed by atoms with Gasteiger partial charge in [0.1, 0.15) is 5.75 Å². The average molecular weight is 528 g/mol. The molecule has 1 fully saturated rings. The van der Waals surface area contributed by atoms with Crippen LogP contribution in [0.3, 0.4) is 0 Å². The van der Waals surface area contributed by atoms with Gasteiger partial charge in [-0.3, -0.25) is 0 Å². The van der Waals surface area contributed by atoms with Gasteiger partial charge in [0.2, 0.25) is 0 Å². The molecule has 1 aromatic rings. The number of rotatable bonds is 8. The minimum atomic E-state index is -4.36. The molecule has 0 amide bonds. The van der Waals surface area contributed by atoms with Crippen molar-refractivity contribution in [2.75, 3.05) is 32.8 Å². The average Bonchev–Trinajstić information content (AvgIpc) is 2.66. The molecule has 2 rings (SSSR count). The minimum Gasteiger partial charge on any atom is -0.484 e. The molecule has 0 saturated carbocycles. The Morgan fingerprint density at radius 1 is 1.21 bits per heavy atom. The number of likely N-dealkylation sites (tertiary alicyclic amines) is 1. The highest BCUT2D eigenvalue weighted by Gasteiger charge is 2.28. The Morgan fingerprint density at radius 3 is 2.52 bits per heavy atom. The third-order valence-electron chi connectivity index (χ3n) is 4.58. The fourth-order valence-corrected chi connectivity index (χ4v) is 3.23. The van der Waals surface area contributed by atoms with Gasteiger partial charge in [0, 0.05) is 31.2 Å². The molecule has 0 radical (unpaired) electrons. The first kappa shape index (κ1) is 25.8. The Labute approximate surface area is 188 Å². The standard InChI is InChI=1S/C20H31F3N4O.HI/c1-3-11-27-12-9-17(10-13-27)26-19(24-4-2)25-14-16-7-5-6-8-18(16)28-15-20(21,22)23;/h5-8,17H,3-4,9-15H2,1-2H3,(H2,24,25,26);1H. The van der Waals surface area contributed by atoms with Crippen molar-refractivity contribution in [3.63, 3.8) is 0 Å². The summed E-state index contributed by atoms with van der Waals surface area (Å²) in [4.78, 5) is 7.03. The predicted octanol–water partition coefficient (Wildman–Crippen LogP) is 4.18. The second-order valence-corrected chi connectivity index (χ2v) is 6.97. The molecule has 1 aliphatic heterocycles. The third-order valence-corrected chi connectivity index (χ3v) is 4.58. The first-order chi connectivity index (χ1) is 13.4. The van der Waals surface area contributed by atoms with Crippen molar-refractivity contribution in [3.05, 3.63) is 29.8 Å². The first-order valence-corrected chi connectivity index (χ1v) is 9.96. The van der Waals surface area contributed by atoms with E-state index < -0.39 is 12.8 Å². The molecule has 0 bridgehead atoms. The molecule has 1 aromatic carbocycles. The zero-order valence-electron chi connectivity index (χ0n) is 17.1. The van der Waals surface area contributed by atoms with E-state index in [1.807, 2.05) is 6.92 Å². The van der Waals surface area contributed by atoms with E-state index in [9.17, 15) is 13.2 Å². The topological polar surface area (TPSA) is 48.9 Å². The van der Waals surface area contributed by atoms with E-state index in [0.29, 0.717) is 24.1 Å². The van der Waals surface area contributed by atoms with Gasteiger partial charge in [-0.1, -0.05) is 25.1 Å². The molecule has 0 spiro atoms. The van der Waals surface area contributed by atoms with E-state index in [2.05, 4.69) is 27.4 Å². The van der Waals surface area contributed by atoms with E-state index in [1.165, 1.54) is 0 Å². The largest absolute Gasteiger partial charge is 0.484 e. The number of ether oxygens (including phenoxy) is 1. The van der Waals surface area contributed by atoms with Gasteiger partial charge in [-0.15, -0.1) is 24.0 Å². The van der Waals surface area contributed by atoms with Crippen molar-refractivity contribution in [2.45, 2.75) is 51.9 Å². The molecule has 0 aliphatic carbocycles. The SMILES string of the molecule is CCCN1CCC(NC(=NCc2ccccc2OCC(F)(F)F)NCC)CC1.I. The quantitative estimate of drug-likeness (QED) is 0.302. The van der Waals surface area contributed by atoms with Gasteiger partial charge in [-0.25, -0.2) is 4.99 Å². The van der Waals surface area contributed by atoms with Crippen LogP contribution in [0.15, 0.2) is 29.3 Å². The molecule has 1 saturated heterocycles. The molecule has 29 heavy (non-hydrogen) atoms. The summed E-state index contributed by atoms with van der Waals surface area (Å²) in [5.74, 6) is 0.898. The summed E-state index contributed by atoms with van der Waals surface area (Å²) in [6.07, 6.45) is -1.09. The number of nitrogens with zero attached hydrogens (tertiary/aromatic N) is 2. The van der Waals surface area contributed by atoms with Crippen molar-refractivity contribution in [1.82, 2.24) is 15.5 Å². The van der Waals surface area contributed by atoms with Crippen LogP contribution in [0.2, 0.25) is 0 Å². The Hall–Kier alpha value is -1.23. The molecule has 0 unspecified atom stereocenters. The van der Waals surface area contributed by atoms with Crippen molar-refractivity contribution in [3.8, 4) is 5.75 Å². The fraction of sp³-hybridized carbons (Fsp3) is 0.650. The lowest BCUT2D eigenvalue weighted by molar-refractivity contribution is -0.153. The number of alkyl halides is 3. The van der Waals surface area contributed by atoms with Crippen LogP contribution in [-0.2, 0) is 6.54 Å². The normalized spacial score (nSPS) is 16.2. The van der Waals surface area contributed by atoms with Crippen molar-refractivity contribution >= 4 is 29.9 Å². The number of aliphatic imine (C=N–C) groups is 1. The molecular formula is C20H32F3IN4O. The highest BCUT2D eigenvalue weighted by molar-refractivity contribution is 14.0. The van der Waals surface area contributed by atoms with Crippen molar-refractivity contribution < 1.29 is 17.9 Å². The third kappa shape index (κ3) is 9.88. The fourth-order valence-electron chi connectivity index (χ4n) is 3.23. The van der Waals surface area contributed by atoms with Crippen LogP contribution >= 0.6 is 24.0 Å². The molecule has 166 valence electrons. The van der Waals surface area contributed by atoms with Gasteiger partial charge in [0.25, 0.3) is 0 Å². The lowest BCUT2D eigenvalue weighted by Crippen LogP contribution is -2.48. The number of halogens is 4. The maximum atomic E-state index is 12.4. The zero-order valence-corrected chi connectivity index (χ0v) is 19.4. The molecular weight excluding hydrogens is 496 g/mol. The van der Waals surface area contributed by atoms with Crippen molar-refractivity contribution in [1.29, 1.82) is 0 Å². The van der Waals surface area contributed by atoms with Crippen LogP contribution in [0.4, 0.5) is 13.2 Å². The molecule has 1 heterocycles. The maximum absolute atomic E-state index is 12.4. The number of guanidine groups is 1. The van der Waals surface area contributed by atoms with Gasteiger partial charge in [0.15, 0.2) is 12.6 Å². The van der Waals surface area contributed by atoms with E-state index in [-0.39, 0.29) is 36.3 Å². The Kier molecular flexibility index (Phi) is 11.7. The molecule has 2 N–H and O–H groups in total. The zero-order chi connectivity index (χ0) is 20.4. The summed E-state index contributed by atoms with van der Waals surface area (Å²) in [5, 5.41) is 6.67. The lowest BCUT2D eigenvalue weighted by Gasteiger charge is -2.32. The van der Waals surface area contributed by atoms with Crippen LogP contribution in [0.1, 0.15) is 38.7 Å². The summed E-state index contributed by atoms with van der Waals surface area (Å²) < 4.78 is 42.3. The number of nitrogens with one attached hydrogen (secondary N) is 2. The Morgan fingerprint density at radius 2 is 1.90 bits per heavy atom. The second-order valence-electron chi connectivity index (χ2n) is 6.97. The molecule has 1 aliphatic rings. The van der Waals surface area contributed by atoms with Crippen LogP contribution in [-0.4, -0.2) is 55.9 Å². The first-order valence-electron chi connectivity index (χ1n) is 9.96. The minimum absolute atomic E-state index is 0. The Balaban J connectivity index is 0.00000420. The van der Waals surface area contributed by atoms with Crippen LogP contribution in [0.5, 0.6) is 5.75 Å². The lowest BCUT2D eigenvalue weighted by atomic mass is 10.1. The van der Waals surface area contributed by atoms with Crippen LogP contribution in [0.25, 0.3) is 0 Å². The maximum Gasteiger partial charge on any atom is 0.422 e. The number of piperidine rings is 1. The van der Waals surface area contributed by atoms with Gasteiger partial charge in [-0.05, 0) is 38.8 Å². The number of hydrogen-bond donors (Lipinski definition) is 2. The second kappa shape index (κ2) is 13.1. The van der Waals surface area contributed by atoms with Gasteiger partial charge >= 0.3 is 6.18 Å².